The van der Waals surface area contributed by atoms with Crippen molar-refractivity contribution in [2.75, 3.05) is 26.7 Å². The standard InChI is InChI=1S/C16H21BrN2S/c1-19(13-14-4-6-15(17)7-5-14)11-10-18-9-8-16-3-2-12-20-16/h2-7,12,18H,8-11,13H2,1H3. The maximum absolute atomic E-state index is 3.51. The second-order valence-electron chi connectivity index (χ2n) is 4.94. The largest absolute Gasteiger partial charge is 0.315 e. The molecule has 0 aliphatic carbocycles. The Bertz CT molecular complexity index is 482. The predicted molar refractivity (Wildman–Crippen MR) is 91.4 cm³/mol. The number of nitrogens with one attached hydrogen (secondary N) is 1. The summed E-state index contributed by atoms with van der Waals surface area (Å²) >= 11 is 5.30. The Kier molecular flexibility index (Phi) is 6.73. The van der Waals surface area contributed by atoms with Gasteiger partial charge in [0.05, 0.1) is 0 Å². The molecule has 0 spiro atoms. The highest BCUT2D eigenvalue weighted by atomic mass is 79.9. The fraction of sp³-hybridized carbons (Fsp3) is 0.375. The lowest BCUT2D eigenvalue weighted by Crippen LogP contribution is -2.29. The smallest absolute Gasteiger partial charge is 0.0231 e. The van der Waals surface area contributed by atoms with Crippen LogP contribution in [0.3, 0.4) is 0 Å². The molecule has 4 heteroatoms. The monoisotopic (exact) mass is 352 g/mol. The van der Waals surface area contributed by atoms with E-state index in [-0.39, 0.29) is 0 Å². The highest BCUT2D eigenvalue weighted by Crippen LogP contribution is 2.11. The van der Waals surface area contributed by atoms with Gasteiger partial charge >= 0.3 is 0 Å². The van der Waals surface area contributed by atoms with Gasteiger partial charge in [-0.05, 0) is 42.6 Å². The average Bonchev–Trinajstić information content (AvgIpc) is 2.94. The van der Waals surface area contributed by atoms with Gasteiger partial charge in [-0.15, -0.1) is 11.3 Å². The normalized spacial score (nSPS) is 11.2. The molecule has 2 aromatic rings. The number of benzene rings is 1. The van der Waals surface area contributed by atoms with Crippen molar-refractivity contribution in [3.05, 3.63) is 56.7 Å². The summed E-state index contributed by atoms with van der Waals surface area (Å²) in [5.74, 6) is 0. The van der Waals surface area contributed by atoms with Crippen LogP contribution in [0.25, 0.3) is 0 Å². The Balaban J connectivity index is 1.58. The van der Waals surface area contributed by atoms with Crippen molar-refractivity contribution in [1.29, 1.82) is 0 Å². The van der Waals surface area contributed by atoms with Gasteiger partial charge in [0.1, 0.15) is 0 Å². The summed E-state index contributed by atoms with van der Waals surface area (Å²) in [7, 11) is 2.17. The number of rotatable bonds is 8. The highest BCUT2D eigenvalue weighted by molar-refractivity contribution is 9.10. The van der Waals surface area contributed by atoms with E-state index in [2.05, 4.69) is 75.0 Å². The number of likely N-dealkylation sites (N-methyl/N-ethyl adjacent to an activating group) is 1. The number of halogens is 1. The third kappa shape index (κ3) is 5.75. The number of hydrogen-bond donors (Lipinski definition) is 1. The Morgan fingerprint density at radius 1 is 1.15 bits per heavy atom. The average molecular weight is 353 g/mol. The molecule has 1 aromatic carbocycles. The number of nitrogens with zero attached hydrogens (tertiary/aromatic N) is 1. The topological polar surface area (TPSA) is 15.3 Å². The minimum Gasteiger partial charge on any atom is -0.315 e. The van der Waals surface area contributed by atoms with Crippen molar-refractivity contribution < 1.29 is 0 Å². The second kappa shape index (κ2) is 8.57. The van der Waals surface area contributed by atoms with E-state index in [9.17, 15) is 0 Å². The Labute approximate surface area is 133 Å². The van der Waals surface area contributed by atoms with Gasteiger partial charge in [-0.3, -0.25) is 0 Å². The van der Waals surface area contributed by atoms with E-state index in [4.69, 9.17) is 0 Å². The maximum Gasteiger partial charge on any atom is 0.0231 e. The third-order valence-electron chi connectivity index (χ3n) is 3.16. The van der Waals surface area contributed by atoms with E-state index in [1.807, 2.05) is 11.3 Å². The maximum atomic E-state index is 3.51. The zero-order valence-corrected chi connectivity index (χ0v) is 14.2. The number of hydrogen-bond acceptors (Lipinski definition) is 3. The summed E-state index contributed by atoms with van der Waals surface area (Å²) < 4.78 is 1.14. The van der Waals surface area contributed by atoms with Crippen molar-refractivity contribution in [3.8, 4) is 0 Å². The SMILES string of the molecule is CN(CCNCCc1cccs1)Cc1ccc(Br)cc1. The van der Waals surface area contributed by atoms with Crippen LogP contribution in [-0.4, -0.2) is 31.6 Å². The van der Waals surface area contributed by atoms with Crippen molar-refractivity contribution in [2.24, 2.45) is 0 Å². The first-order chi connectivity index (χ1) is 9.74. The molecule has 0 saturated heterocycles. The molecule has 0 radical (unpaired) electrons. The van der Waals surface area contributed by atoms with Gasteiger partial charge in [0.25, 0.3) is 0 Å². The summed E-state index contributed by atoms with van der Waals surface area (Å²) in [6, 6.07) is 12.9. The molecule has 0 fully saturated rings. The second-order valence-corrected chi connectivity index (χ2v) is 6.89. The van der Waals surface area contributed by atoms with Crippen LogP contribution >= 0.6 is 27.3 Å². The van der Waals surface area contributed by atoms with Gasteiger partial charge in [-0.25, -0.2) is 0 Å². The quantitative estimate of drug-likeness (QED) is 0.727. The molecule has 0 atom stereocenters. The Morgan fingerprint density at radius 2 is 1.95 bits per heavy atom. The summed E-state index contributed by atoms with van der Waals surface area (Å²) in [4.78, 5) is 3.81. The minimum atomic E-state index is 1.000. The fourth-order valence-corrected chi connectivity index (χ4v) is 3.02. The van der Waals surface area contributed by atoms with E-state index in [0.717, 1.165) is 37.1 Å². The molecule has 0 aliphatic rings. The van der Waals surface area contributed by atoms with E-state index in [1.54, 1.807) is 0 Å². The molecule has 20 heavy (non-hydrogen) atoms. The van der Waals surface area contributed by atoms with Gasteiger partial charge in [0.15, 0.2) is 0 Å². The van der Waals surface area contributed by atoms with Gasteiger partial charge in [-0.2, -0.15) is 0 Å². The molecule has 108 valence electrons. The molecule has 0 bridgehead atoms. The molecule has 1 N–H and O–H groups in total. The highest BCUT2D eigenvalue weighted by Gasteiger charge is 2.00. The van der Waals surface area contributed by atoms with Crippen LogP contribution in [0.15, 0.2) is 46.3 Å². The molecular weight excluding hydrogens is 332 g/mol. The Hall–Kier alpha value is -0.680. The molecule has 1 aromatic heterocycles. The fourth-order valence-electron chi connectivity index (χ4n) is 2.04. The van der Waals surface area contributed by atoms with Crippen molar-refractivity contribution in [1.82, 2.24) is 10.2 Å². The van der Waals surface area contributed by atoms with Crippen molar-refractivity contribution in [3.63, 3.8) is 0 Å². The zero-order valence-electron chi connectivity index (χ0n) is 11.8. The van der Waals surface area contributed by atoms with Gasteiger partial charge < -0.3 is 10.2 Å². The Morgan fingerprint density at radius 3 is 2.65 bits per heavy atom. The van der Waals surface area contributed by atoms with Crippen LogP contribution in [0, 0.1) is 0 Å². The van der Waals surface area contributed by atoms with Crippen LogP contribution in [0.5, 0.6) is 0 Å². The van der Waals surface area contributed by atoms with Crippen molar-refractivity contribution >= 4 is 27.3 Å². The van der Waals surface area contributed by atoms with Gasteiger partial charge in [0.2, 0.25) is 0 Å². The van der Waals surface area contributed by atoms with Crippen LogP contribution in [-0.2, 0) is 13.0 Å². The molecule has 0 amide bonds. The molecular formula is C16H21BrN2S. The zero-order chi connectivity index (χ0) is 14.2. The molecule has 2 rings (SSSR count). The van der Waals surface area contributed by atoms with Crippen LogP contribution < -0.4 is 5.32 Å². The van der Waals surface area contributed by atoms with Crippen molar-refractivity contribution in [2.45, 2.75) is 13.0 Å². The third-order valence-corrected chi connectivity index (χ3v) is 4.63. The molecule has 0 saturated carbocycles. The predicted octanol–water partition coefficient (Wildman–Crippen LogP) is 3.77. The summed E-state index contributed by atoms with van der Waals surface area (Å²) in [5, 5.41) is 5.65. The van der Waals surface area contributed by atoms with E-state index < -0.39 is 0 Å². The lowest BCUT2D eigenvalue weighted by Gasteiger charge is -2.17. The first-order valence-corrected chi connectivity index (χ1v) is 8.57. The molecule has 2 nitrogen and oxygen atoms in total. The van der Waals surface area contributed by atoms with E-state index in [0.29, 0.717) is 0 Å². The van der Waals surface area contributed by atoms with E-state index in [1.165, 1.54) is 10.4 Å². The van der Waals surface area contributed by atoms with Crippen LogP contribution in [0.4, 0.5) is 0 Å². The first kappa shape index (κ1) is 15.7. The first-order valence-electron chi connectivity index (χ1n) is 6.90. The van der Waals surface area contributed by atoms with Crippen LogP contribution in [0.2, 0.25) is 0 Å². The molecule has 0 unspecified atom stereocenters. The van der Waals surface area contributed by atoms with Crippen LogP contribution in [0.1, 0.15) is 10.4 Å². The summed E-state index contributed by atoms with van der Waals surface area (Å²) in [5.41, 5.74) is 1.36. The summed E-state index contributed by atoms with van der Waals surface area (Å²) in [6.07, 6.45) is 1.13. The molecule has 1 heterocycles. The lowest BCUT2D eigenvalue weighted by atomic mass is 10.2. The lowest BCUT2D eigenvalue weighted by molar-refractivity contribution is 0.325. The molecule has 0 aliphatic heterocycles. The van der Waals surface area contributed by atoms with Gasteiger partial charge in [0, 0.05) is 35.5 Å². The summed E-state index contributed by atoms with van der Waals surface area (Å²) in [6.45, 7) is 4.17. The van der Waals surface area contributed by atoms with Gasteiger partial charge in [-0.1, -0.05) is 34.1 Å². The number of thiophene rings is 1. The minimum absolute atomic E-state index is 1.000. The van der Waals surface area contributed by atoms with E-state index >= 15 is 0 Å².